The Bertz CT molecular complexity index is 37.5. The van der Waals surface area contributed by atoms with Gasteiger partial charge in [0, 0.05) is 0 Å². The molecule has 37 valence electrons. The summed E-state index contributed by atoms with van der Waals surface area (Å²) in [5.41, 5.74) is 0. The van der Waals surface area contributed by atoms with Crippen LogP contribution in [0.1, 0.15) is 4.28 Å². The summed E-state index contributed by atoms with van der Waals surface area (Å²) in [7, 11) is 0. The van der Waals surface area contributed by atoms with Crippen LogP contribution in [0, 0.1) is 15.3 Å². The first kappa shape index (κ1) is 8.83. The van der Waals surface area contributed by atoms with Crippen molar-refractivity contribution in [2.75, 3.05) is 0 Å². The first-order valence-electron chi connectivity index (χ1n) is 0.548. The molecule has 0 unspecified atom stereocenters. The summed E-state index contributed by atoms with van der Waals surface area (Å²) in [5, 5.41) is 14.8. The molecule has 0 fully saturated rings. The van der Waals surface area contributed by atoms with Crippen LogP contribution in [0.15, 0.2) is 0 Å². The smallest absolute Gasteiger partial charge is 1.00 e. The fraction of sp³-hybridized carbons (Fsp3) is 0. The van der Waals surface area contributed by atoms with Gasteiger partial charge in [0.25, 0.3) is 0 Å². The van der Waals surface area contributed by atoms with Crippen molar-refractivity contribution in [2.45, 2.75) is 0 Å². The standard InChI is InChI=1S/Cu.NO3.3H/c;2-1(3)4;;;/q+4;4*-1. The Kier molecular flexibility index (Phi) is 6.57. The van der Waals surface area contributed by atoms with E-state index in [1.165, 1.54) is 0 Å². The van der Waals surface area contributed by atoms with Gasteiger partial charge < -0.3 is 19.6 Å². The van der Waals surface area contributed by atoms with Gasteiger partial charge in [-0.2, -0.15) is 0 Å². The van der Waals surface area contributed by atoms with Crippen molar-refractivity contribution in [3.8, 4) is 0 Å². The van der Waals surface area contributed by atoms with Gasteiger partial charge in [-0.15, -0.1) is 0 Å². The third-order valence-corrected chi connectivity index (χ3v) is 0. The van der Waals surface area contributed by atoms with Crippen molar-refractivity contribution in [3.63, 3.8) is 0 Å². The van der Waals surface area contributed by atoms with Gasteiger partial charge in [-0.1, -0.05) is 0 Å². The predicted octanol–water partition coefficient (Wildman–Crippen LogP) is 0.0959. The van der Waals surface area contributed by atoms with E-state index in [0.29, 0.717) is 0 Å². The topological polar surface area (TPSA) is 66.2 Å². The van der Waals surface area contributed by atoms with Crippen LogP contribution in [0.4, 0.5) is 0 Å². The Labute approximate surface area is 42.8 Å². The van der Waals surface area contributed by atoms with Crippen molar-refractivity contribution in [2.24, 2.45) is 0 Å². The van der Waals surface area contributed by atoms with Crippen molar-refractivity contribution in [1.82, 2.24) is 0 Å². The zero-order valence-corrected chi connectivity index (χ0v) is 2.92. The van der Waals surface area contributed by atoms with Gasteiger partial charge in [0.2, 0.25) is 0 Å². The summed E-state index contributed by atoms with van der Waals surface area (Å²) in [6.07, 6.45) is 0. The van der Waals surface area contributed by atoms with Crippen LogP contribution >= 0.6 is 0 Å². The van der Waals surface area contributed by atoms with Gasteiger partial charge in [-0.3, -0.25) is 0 Å². The van der Waals surface area contributed by atoms with Crippen molar-refractivity contribution in [1.29, 1.82) is 0 Å². The maximum Gasteiger partial charge on any atom is 4.00 e. The minimum atomic E-state index is -1.75. The van der Waals surface area contributed by atoms with Gasteiger partial charge >= 0.3 is 17.1 Å². The maximum absolute atomic E-state index is 8.25. The molecule has 0 saturated heterocycles. The molecule has 0 saturated carbocycles. The summed E-state index contributed by atoms with van der Waals surface area (Å²) in [6.45, 7) is 0. The second-order valence-electron chi connectivity index (χ2n) is 0.224. The first-order chi connectivity index (χ1) is 1.73. The Morgan fingerprint density at radius 3 is 1.60 bits per heavy atom. The van der Waals surface area contributed by atoms with E-state index in [9.17, 15) is 0 Å². The molecule has 0 atom stereocenters. The predicted molar refractivity (Wildman–Crippen MR) is 13.7 cm³/mol. The molecule has 0 rings (SSSR count). The zero-order chi connectivity index (χ0) is 3.58. The number of nitrogens with zero attached hydrogens (tertiary/aromatic N) is 1. The largest absolute Gasteiger partial charge is 4.00 e. The van der Waals surface area contributed by atoms with E-state index in [4.69, 9.17) is 15.3 Å². The van der Waals surface area contributed by atoms with Gasteiger partial charge in [-0.25, -0.2) is 0 Å². The zero-order valence-electron chi connectivity index (χ0n) is 4.97. The number of rotatable bonds is 0. The molecule has 0 heterocycles. The second kappa shape index (κ2) is 3.72. The minimum absolute atomic E-state index is 0. The Balaban J connectivity index is -0.00000000750. The van der Waals surface area contributed by atoms with Crippen LogP contribution < -0.4 is 0 Å². The van der Waals surface area contributed by atoms with E-state index in [1.54, 1.807) is 0 Å². The summed E-state index contributed by atoms with van der Waals surface area (Å²) < 4.78 is 0. The fourth-order valence-corrected chi connectivity index (χ4v) is 0. The Hall–Kier alpha value is -0.281. The van der Waals surface area contributed by atoms with Gasteiger partial charge in [-0.05, 0) is 0 Å². The molecule has 0 aromatic rings. The molecular formula is H3CuNO3. The third-order valence-electron chi connectivity index (χ3n) is 0. The van der Waals surface area contributed by atoms with Crippen LogP contribution in [0.3, 0.4) is 0 Å². The minimum Gasteiger partial charge on any atom is -1.00 e. The molecule has 0 aliphatic carbocycles. The number of hydrogen-bond acceptors (Lipinski definition) is 3. The van der Waals surface area contributed by atoms with Crippen molar-refractivity contribution in [3.05, 3.63) is 15.3 Å². The quantitative estimate of drug-likeness (QED) is 0.264. The molecule has 0 amide bonds. The van der Waals surface area contributed by atoms with E-state index in [-0.39, 0.29) is 21.3 Å². The number of hydrogen-bond donors (Lipinski definition) is 0. The molecule has 0 aliphatic rings. The van der Waals surface area contributed by atoms with Gasteiger partial charge in [0.1, 0.15) is 0 Å². The molecule has 0 bridgehead atoms. The van der Waals surface area contributed by atoms with Gasteiger partial charge in [0.05, 0.1) is 5.09 Å². The van der Waals surface area contributed by atoms with Gasteiger partial charge in [0.15, 0.2) is 0 Å². The van der Waals surface area contributed by atoms with Crippen LogP contribution in [-0.4, -0.2) is 5.09 Å². The molecule has 0 spiro atoms. The molecule has 0 aliphatic heterocycles. The van der Waals surface area contributed by atoms with Crippen molar-refractivity contribution >= 4 is 0 Å². The average molecular weight is 129 g/mol. The third kappa shape index (κ3) is 140. The van der Waals surface area contributed by atoms with E-state index >= 15 is 0 Å². The normalized spacial score (nSPS) is 4.80. The summed E-state index contributed by atoms with van der Waals surface area (Å²) in [4.78, 5) is 8.25. The van der Waals surface area contributed by atoms with Crippen LogP contribution in [-0.2, 0) is 17.1 Å². The van der Waals surface area contributed by atoms with E-state index in [0.717, 1.165) is 0 Å². The summed E-state index contributed by atoms with van der Waals surface area (Å²) >= 11 is 0. The molecule has 5 heavy (non-hydrogen) atoms. The summed E-state index contributed by atoms with van der Waals surface area (Å²) in [6, 6.07) is 0. The Morgan fingerprint density at radius 1 is 1.60 bits per heavy atom. The Morgan fingerprint density at radius 2 is 1.60 bits per heavy atom. The molecule has 1 radical (unpaired) electrons. The summed E-state index contributed by atoms with van der Waals surface area (Å²) in [5.74, 6) is 0. The SMILES string of the molecule is O=[N+]([O-])[O-].[Cu+4].[H-].[H-].[H-]. The maximum atomic E-state index is 8.25. The second-order valence-corrected chi connectivity index (χ2v) is 0.224. The molecular weight excluding hydrogens is 126 g/mol. The van der Waals surface area contributed by atoms with E-state index in [1.807, 2.05) is 0 Å². The van der Waals surface area contributed by atoms with E-state index < -0.39 is 5.09 Å². The van der Waals surface area contributed by atoms with Crippen molar-refractivity contribution < 1.29 is 26.4 Å². The fourth-order valence-electron chi connectivity index (χ4n) is 0. The van der Waals surface area contributed by atoms with Crippen LogP contribution in [0.2, 0.25) is 0 Å². The average Bonchev–Trinajstić information content (AvgIpc) is 0.811. The molecule has 0 aromatic carbocycles. The molecule has 0 aromatic heterocycles. The molecule has 0 N–H and O–H groups in total. The molecule has 4 nitrogen and oxygen atoms in total. The monoisotopic (exact) mass is 128 g/mol. The van der Waals surface area contributed by atoms with E-state index in [2.05, 4.69) is 0 Å². The molecule has 5 heteroatoms. The van der Waals surface area contributed by atoms with Crippen LogP contribution in [0.5, 0.6) is 0 Å². The first-order valence-corrected chi connectivity index (χ1v) is 0.548. The van der Waals surface area contributed by atoms with Crippen LogP contribution in [0.25, 0.3) is 0 Å².